The lowest BCUT2D eigenvalue weighted by Gasteiger charge is -2.41. The van der Waals surface area contributed by atoms with Crippen molar-refractivity contribution in [2.24, 2.45) is 11.8 Å². The van der Waals surface area contributed by atoms with Gasteiger partial charge in [-0.05, 0) is 18.3 Å². The second kappa shape index (κ2) is 4.22. The van der Waals surface area contributed by atoms with Gasteiger partial charge in [-0.25, -0.2) is 4.98 Å². The van der Waals surface area contributed by atoms with Crippen LogP contribution in [0.5, 0.6) is 0 Å². The van der Waals surface area contributed by atoms with E-state index in [0.29, 0.717) is 11.8 Å². The third kappa shape index (κ3) is 2.23. The number of aliphatic hydroxyl groups is 1. The Kier molecular flexibility index (Phi) is 3.12. The fourth-order valence-electron chi connectivity index (χ4n) is 2.59. The zero-order valence-electron chi connectivity index (χ0n) is 9.44. The summed E-state index contributed by atoms with van der Waals surface area (Å²) in [5.41, 5.74) is -0.518. The van der Waals surface area contributed by atoms with Gasteiger partial charge in [0.25, 0.3) is 0 Å². The number of thiazole rings is 1. The molecule has 1 fully saturated rings. The second-order valence-electron chi connectivity index (χ2n) is 4.86. The van der Waals surface area contributed by atoms with Crippen molar-refractivity contribution in [3.63, 3.8) is 0 Å². The van der Waals surface area contributed by atoms with E-state index in [1.807, 2.05) is 11.6 Å². The maximum Gasteiger partial charge on any atom is 0.0953 e. The molecular weight excluding hydrogens is 206 g/mol. The smallest absolute Gasteiger partial charge is 0.0953 e. The van der Waals surface area contributed by atoms with Crippen molar-refractivity contribution in [1.82, 2.24) is 4.98 Å². The molecule has 3 heteroatoms. The van der Waals surface area contributed by atoms with Gasteiger partial charge < -0.3 is 5.11 Å². The van der Waals surface area contributed by atoms with E-state index in [0.717, 1.165) is 24.3 Å². The maximum atomic E-state index is 10.6. The lowest BCUT2D eigenvalue weighted by molar-refractivity contribution is -0.0621. The van der Waals surface area contributed by atoms with Crippen molar-refractivity contribution in [1.29, 1.82) is 0 Å². The van der Waals surface area contributed by atoms with Crippen LogP contribution in [0.4, 0.5) is 0 Å². The molecule has 3 atom stereocenters. The van der Waals surface area contributed by atoms with Crippen LogP contribution in [0.25, 0.3) is 0 Å². The van der Waals surface area contributed by atoms with Gasteiger partial charge in [-0.3, -0.25) is 0 Å². The zero-order valence-corrected chi connectivity index (χ0v) is 10.3. The highest BCUT2D eigenvalue weighted by Gasteiger charge is 2.40. The molecule has 0 radical (unpaired) electrons. The maximum absolute atomic E-state index is 10.6. The molecule has 15 heavy (non-hydrogen) atoms. The molecule has 0 spiro atoms. The molecule has 1 heterocycles. The van der Waals surface area contributed by atoms with E-state index in [9.17, 15) is 5.11 Å². The lowest BCUT2D eigenvalue weighted by atomic mass is 9.69. The van der Waals surface area contributed by atoms with Gasteiger partial charge in [0, 0.05) is 18.0 Å². The van der Waals surface area contributed by atoms with Crippen LogP contribution < -0.4 is 0 Å². The van der Waals surface area contributed by atoms with Crippen molar-refractivity contribution < 1.29 is 5.11 Å². The summed E-state index contributed by atoms with van der Waals surface area (Å²) >= 11 is 1.65. The third-order valence-electron chi connectivity index (χ3n) is 3.91. The van der Waals surface area contributed by atoms with Crippen LogP contribution in [0.1, 0.15) is 38.1 Å². The summed E-state index contributed by atoms with van der Waals surface area (Å²) in [4.78, 5) is 4.27. The molecule has 2 rings (SSSR count). The van der Waals surface area contributed by atoms with Crippen molar-refractivity contribution in [2.45, 2.75) is 45.1 Å². The molecule has 1 aliphatic rings. The third-order valence-corrected chi connectivity index (χ3v) is 4.69. The van der Waals surface area contributed by atoms with E-state index in [1.54, 1.807) is 11.3 Å². The highest BCUT2D eigenvalue weighted by Crippen LogP contribution is 2.39. The fraction of sp³-hybridized carbons (Fsp3) is 0.750. The fourth-order valence-corrected chi connectivity index (χ4v) is 3.32. The number of hydrogen-bond donors (Lipinski definition) is 1. The molecular formula is C12H19NOS. The first-order valence-electron chi connectivity index (χ1n) is 5.72. The minimum Gasteiger partial charge on any atom is -0.389 e. The van der Waals surface area contributed by atoms with Crippen LogP contribution in [0, 0.1) is 11.8 Å². The van der Waals surface area contributed by atoms with Crippen molar-refractivity contribution in [2.75, 3.05) is 0 Å². The highest BCUT2D eigenvalue weighted by atomic mass is 32.1. The summed E-state index contributed by atoms with van der Waals surface area (Å²) < 4.78 is 0. The quantitative estimate of drug-likeness (QED) is 0.839. The predicted octanol–water partition coefficient (Wildman–Crippen LogP) is 2.87. The monoisotopic (exact) mass is 225 g/mol. The first kappa shape index (κ1) is 11.1. The normalized spacial score (nSPS) is 36.7. The van der Waals surface area contributed by atoms with Crippen LogP contribution in [-0.2, 0) is 6.42 Å². The summed E-state index contributed by atoms with van der Waals surface area (Å²) in [6, 6.07) is 0. The molecule has 0 aromatic carbocycles. The second-order valence-corrected chi connectivity index (χ2v) is 5.84. The minimum atomic E-state index is -0.518. The van der Waals surface area contributed by atoms with Crippen LogP contribution >= 0.6 is 11.3 Å². The SMILES string of the molecule is CC1CCCC(O)(Cc2nccs2)C1C. The average Bonchev–Trinajstić information content (AvgIpc) is 2.67. The first-order chi connectivity index (χ1) is 7.12. The van der Waals surface area contributed by atoms with Gasteiger partial charge in [-0.2, -0.15) is 0 Å². The van der Waals surface area contributed by atoms with Crippen LogP contribution in [0.15, 0.2) is 11.6 Å². The van der Waals surface area contributed by atoms with E-state index in [4.69, 9.17) is 0 Å². The molecule has 0 aliphatic heterocycles. The topological polar surface area (TPSA) is 33.1 Å². The van der Waals surface area contributed by atoms with Gasteiger partial charge >= 0.3 is 0 Å². The zero-order chi connectivity index (χ0) is 10.9. The summed E-state index contributed by atoms with van der Waals surface area (Å²) in [5, 5.41) is 13.7. The van der Waals surface area contributed by atoms with Gasteiger partial charge in [0.2, 0.25) is 0 Å². The Balaban J connectivity index is 2.11. The summed E-state index contributed by atoms with van der Waals surface area (Å²) in [6.07, 6.45) is 5.88. The largest absolute Gasteiger partial charge is 0.389 e. The van der Waals surface area contributed by atoms with Gasteiger partial charge in [-0.1, -0.05) is 26.7 Å². The van der Waals surface area contributed by atoms with E-state index in [2.05, 4.69) is 18.8 Å². The standard InChI is InChI=1S/C12H19NOS/c1-9-4-3-5-12(14,10(9)2)8-11-13-6-7-15-11/h6-7,9-10,14H,3-5,8H2,1-2H3. The van der Waals surface area contributed by atoms with Crippen molar-refractivity contribution in [3.05, 3.63) is 16.6 Å². The Hall–Kier alpha value is -0.410. The molecule has 1 aromatic heterocycles. The van der Waals surface area contributed by atoms with Gasteiger partial charge in [0.05, 0.1) is 10.6 Å². The molecule has 1 aromatic rings. The Labute approximate surface area is 95.4 Å². The van der Waals surface area contributed by atoms with Gasteiger partial charge in [0.15, 0.2) is 0 Å². The number of aromatic nitrogens is 1. The van der Waals surface area contributed by atoms with Gasteiger partial charge in [0.1, 0.15) is 0 Å². The summed E-state index contributed by atoms with van der Waals surface area (Å²) in [6.45, 7) is 4.42. The molecule has 84 valence electrons. The minimum absolute atomic E-state index is 0.384. The Morgan fingerprint density at radius 3 is 3.07 bits per heavy atom. The molecule has 0 saturated heterocycles. The predicted molar refractivity (Wildman–Crippen MR) is 62.9 cm³/mol. The highest BCUT2D eigenvalue weighted by molar-refractivity contribution is 7.09. The van der Waals surface area contributed by atoms with Crippen LogP contribution in [0.3, 0.4) is 0 Å². The van der Waals surface area contributed by atoms with Crippen LogP contribution in [-0.4, -0.2) is 15.7 Å². The molecule has 0 bridgehead atoms. The Bertz CT molecular complexity index is 311. The summed E-state index contributed by atoms with van der Waals surface area (Å²) in [7, 11) is 0. The molecule has 1 aliphatic carbocycles. The number of nitrogens with zero attached hydrogens (tertiary/aromatic N) is 1. The average molecular weight is 225 g/mol. The molecule has 0 amide bonds. The number of rotatable bonds is 2. The van der Waals surface area contributed by atoms with E-state index in [-0.39, 0.29) is 0 Å². The van der Waals surface area contributed by atoms with E-state index in [1.165, 1.54) is 6.42 Å². The van der Waals surface area contributed by atoms with Crippen LogP contribution in [0.2, 0.25) is 0 Å². The van der Waals surface area contributed by atoms with Gasteiger partial charge in [-0.15, -0.1) is 11.3 Å². The first-order valence-corrected chi connectivity index (χ1v) is 6.60. The molecule has 2 nitrogen and oxygen atoms in total. The van der Waals surface area contributed by atoms with Crippen molar-refractivity contribution in [3.8, 4) is 0 Å². The molecule has 3 unspecified atom stereocenters. The van der Waals surface area contributed by atoms with E-state index >= 15 is 0 Å². The number of hydrogen-bond acceptors (Lipinski definition) is 3. The van der Waals surface area contributed by atoms with Crippen molar-refractivity contribution >= 4 is 11.3 Å². The summed E-state index contributed by atoms with van der Waals surface area (Å²) in [5.74, 6) is 1.01. The molecule has 1 N–H and O–H groups in total. The Morgan fingerprint density at radius 1 is 1.60 bits per heavy atom. The van der Waals surface area contributed by atoms with E-state index < -0.39 is 5.60 Å². The Morgan fingerprint density at radius 2 is 2.40 bits per heavy atom. The molecule has 1 saturated carbocycles. The lowest BCUT2D eigenvalue weighted by Crippen LogP contribution is -2.44.